The quantitative estimate of drug-likeness (QED) is 0.642. The molecule has 3 aromatic heterocycles. The standard InChI is InChI=1S/C20H21N5OS/c26-14-4-13-25-19(18(23-20(25)27)16-5-1-2-9-22-16)17-6-3-12-24(17)15-7-10-21-11-8-15/h1-3,5-12,18-19,26H,4,13-14H2,(H,23,27)/t18-,19+/m1/s1. The topological polar surface area (TPSA) is 66.2 Å². The molecular weight excluding hydrogens is 358 g/mol. The second-order valence-electron chi connectivity index (χ2n) is 6.41. The molecule has 27 heavy (non-hydrogen) atoms. The molecular formula is C20H21N5OS. The number of nitrogens with zero attached hydrogens (tertiary/aromatic N) is 4. The van der Waals surface area contributed by atoms with Crippen LogP contribution in [0.1, 0.15) is 29.9 Å². The molecule has 0 unspecified atom stereocenters. The van der Waals surface area contributed by atoms with Crippen molar-refractivity contribution < 1.29 is 5.11 Å². The molecule has 6 nitrogen and oxygen atoms in total. The Labute approximate surface area is 163 Å². The molecule has 0 amide bonds. The van der Waals surface area contributed by atoms with Crippen LogP contribution in [-0.4, -0.2) is 42.8 Å². The number of thiocarbonyl (C=S) groups is 1. The molecule has 1 fully saturated rings. The van der Waals surface area contributed by atoms with E-state index in [2.05, 4.69) is 30.8 Å². The summed E-state index contributed by atoms with van der Waals surface area (Å²) in [6.07, 6.45) is 8.08. The minimum Gasteiger partial charge on any atom is -0.396 e. The van der Waals surface area contributed by atoms with Crippen LogP contribution in [0.25, 0.3) is 5.69 Å². The van der Waals surface area contributed by atoms with Crippen LogP contribution < -0.4 is 5.32 Å². The van der Waals surface area contributed by atoms with Gasteiger partial charge in [0.25, 0.3) is 0 Å². The summed E-state index contributed by atoms with van der Waals surface area (Å²) in [5.74, 6) is 0. The molecule has 3 aromatic rings. The lowest BCUT2D eigenvalue weighted by atomic mass is 10.0. The van der Waals surface area contributed by atoms with Gasteiger partial charge in [0.2, 0.25) is 0 Å². The van der Waals surface area contributed by atoms with Crippen molar-refractivity contribution in [3.8, 4) is 5.69 Å². The Morgan fingerprint density at radius 2 is 1.93 bits per heavy atom. The van der Waals surface area contributed by atoms with Crippen molar-refractivity contribution in [2.45, 2.75) is 18.5 Å². The largest absolute Gasteiger partial charge is 0.396 e. The summed E-state index contributed by atoms with van der Waals surface area (Å²) < 4.78 is 2.16. The highest BCUT2D eigenvalue weighted by Crippen LogP contribution is 2.39. The summed E-state index contributed by atoms with van der Waals surface area (Å²) in [6.45, 7) is 0.809. The van der Waals surface area contributed by atoms with Crippen molar-refractivity contribution >= 4 is 17.3 Å². The highest BCUT2D eigenvalue weighted by molar-refractivity contribution is 7.80. The zero-order valence-electron chi connectivity index (χ0n) is 14.8. The van der Waals surface area contributed by atoms with Gasteiger partial charge in [-0.25, -0.2) is 0 Å². The highest BCUT2D eigenvalue weighted by Gasteiger charge is 2.40. The number of aliphatic hydroxyl groups excluding tert-OH is 1. The molecule has 0 radical (unpaired) electrons. The van der Waals surface area contributed by atoms with Crippen molar-refractivity contribution in [1.82, 2.24) is 24.8 Å². The molecule has 0 spiro atoms. The van der Waals surface area contributed by atoms with E-state index in [1.807, 2.05) is 42.6 Å². The number of aromatic nitrogens is 3. The summed E-state index contributed by atoms with van der Waals surface area (Å²) in [4.78, 5) is 10.8. The van der Waals surface area contributed by atoms with Crippen LogP contribution >= 0.6 is 12.2 Å². The molecule has 2 N–H and O–H groups in total. The zero-order chi connectivity index (χ0) is 18.6. The maximum absolute atomic E-state index is 9.33. The first-order chi connectivity index (χ1) is 13.3. The Balaban J connectivity index is 1.78. The Bertz CT molecular complexity index is 899. The molecule has 4 rings (SSSR count). The Morgan fingerprint density at radius 1 is 1.07 bits per heavy atom. The van der Waals surface area contributed by atoms with Gasteiger partial charge in [-0.2, -0.15) is 0 Å². The van der Waals surface area contributed by atoms with Crippen LogP contribution in [0.2, 0.25) is 0 Å². The van der Waals surface area contributed by atoms with E-state index in [0.717, 1.165) is 17.1 Å². The number of pyridine rings is 2. The summed E-state index contributed by atoms with van der Waals surface area (Å²) in [5, 5.41) is 13.5. The van der Waals surface area contributed by atoms with Gasteiger partial charge in [-0.1, -0.05) is 6.07 Å². The molecule has 1 saturated heterocycles. The molecule has 138 valence electrons. The first-order valence-corrected chi connectivity index (χ1v) is 9.37. The fourth-order valence-corrected chi connectivity index (χ4v) is 3.92. The summed E-state index contributed by atoms with van der Waals surface area (Å²) >= 11 is 5.63. The first kappa shape index (κ1) is 17.6. The fraction of sp³-hybridized carbons (Fsp3) is 0.250. The monoisotopic (exact) mass is 379 g/mol. The van der Waals surface area contributed by atoms with E-state index < -0.39 is 0 Å². The maximum atomic E-state index is 9.33. The van der Waals surface area contributed by atoms with Gasteiger partial charge in [0.15, 0.2) is 5.11 Å². The van der Waals surface area contributed by atoms with Gasteiger partial charge in [0.1, 0.15) is 0 Å². The van der Waals surface area contributed by atoms with Gasteiger partial charge >= 0.3 is 0 Å². The Kier molecular flexibility index (Phi) is 5.13. The lowest BCUT2D eigenvalue weighted by Crippen LogP contribution is -2.31. The van der Waals surface area contributed by atoms with Gasteiger partial charge in [-0.15, -0.1) is 0 Å². The molecule has 4 heterocycles. The average molecular weight is 379 g/mol. The molecule has 0 aliphatic carbocycles. The minimum atomic E-state index is -0.0621. The van der Waals surface area contributed by atoms with E-state index in [9.17, 15) is 5.11 Å². The number of nitrogens with one attached hydrogen (secondary N) is 1. The van der Waals surface area contributed by atoms with Crippen LogP contribution in [0.3, 0.4) is 0 Å². The maximum Gasteiger partial charge on any atom is 0.170 e. The Hall–Kier alpha value is -2.77. The second-order valence-corrected chi connectivity index (χ2v) is 6.79. The van der Waals surface area contributed by atoms with E-state index in [1.165, 1.54) is 0 Å². The third kappa shape index (κ3) is 3.43. The molecule has 1 aliphatic heterocycles. The van der Waals surface area contributed by atoms with Crippen molar-refractivity contribution in [3.05, 3.63) is 78.6 Å². The normalized spacial score (nSPS) is 19.3. The molecule has 0 saturated carbocycles. The fourth-order valence-electron chi connectivity index (χ4n) is 3.58. The van der Waals surface area contributed by atoms with Gasteiger partial charge in [0.05, 0.1) is 17.8 Å². The van der Waals surface area contributed by atoms with E-state index >= 15 is 0 Å². The SMILES string of the molecule is OCCCN1C(=S)N[C@H](c2ccccn2)[C@@H]1c1cccn1-c1ccncc1. The lowest BCUT2D eigenvalue weighted by Gasteiger charge is -2.28. The number of aliphatic hydroxyl groups is 1. The van der Waals surface area contributed by atoms with E-state index in [0.29, 0.717) is 18.1 Å². The number of hydrogen-bond acceptors (Lipinski definition) is 4. The lowest BCUT2D eigenvalue weighted by molar-refractivity contribution is 0.245. The van der Waals surface area contributed by atoms with Crippen molar-refractivity contribution in [3.63, 3.8) is 0 Å². The van der Waals surface area contributed by atoms with E-state index in [1.54, 1.807) is 18.6 Å². The molecule has 2 atom stereocenters. The number of rotatable bonds is 6. The van der Waals surface area contributed by atoms with Crippen LogP contribution in [-0.2, 0) is 0 Å². The predicted octanol–water partition coefficient (Wildman–Crippen LogP) is 2.62. The van der Waals surface area contributed by atoms with Gasteiger partial charge in [0, 0.05) is 49.3 Å². The third-order valence-corrected chi connectivity index (χ3v) is 5.13. The van der Waals surface area contributed by atoms with E-state index in [4.69, 9.17) is 12.2 Å². The summed E-state index contributed by atoms with van der Waals surface area (Å²) in [7, 11) is 0. The number of hydrogen-bond donors (Lipinski definition) is 2. The van der Waals surface area contributed by atoms with Gasteiger partial charge in [-0.05, 0) is 55.0 Å². The van der Waals surface area contributed by atoms with Crippen LogP contribution in [0.4, 0.5) is 0 Å². The molecule has 7 heteroatoms. The van der Waals surface area contributed by atoms with Crippen LogP contribution in [0.15, 0.2) is 67.3 Å². The smallest absolute Gasteiger partial charge is 0.170 e. The molecule has 0 aromatic carbocycles. The summed E-state index contributed by atoms with van der Waals surface area (Å²) in [6, 6.07) is 13.9. The predicted molar refractivity (Wildman–Crippen MR) is 107 cm³/mol. The van der Waals surface area contributed by atoms with Crippen LogP contribution in [0.5, 0.6) is 0 Å². The minimum absolute atomic E-state index is 0.0258. The van der Waals surface area contributed by atoms with Crippen LogP contribution in [0, 0.1) is 0 Å². The molecule has 0 bridgehead atoms. The van der Waals surface area contributed by atoms with E-state index in [-0.39, 0.29) is 18.7 Å². The van der Waals surface area contributed by atoms with Gasteiger partial charge < -0.3 is 19.9 Å². The highest BCUT2D eigenvalue weighted by atomic mass is 32.1. The third-order valence-electron chi connectivity index (χ3n) is 4.78. The molecule has 1 aliphatic rings. The van der Waals surface area contributed by atoms with Crippen molar-refractivity contribution in [2.24, 2.45) is 0 Å². The average Bonchev–Trinajstić information content (AvgIpc) is 3.32. The second kappa shape index (κ2) is 7.85. The summed E-state index contributed by atoms with van der Waals surface area (Å²) in [5.41, 5.74) is 3.10. The van der Waals surface area contributed by atoms with Gasteiger partial charge in [-0.3, -0.25) is 9.97 Å². The Morgan fingerprint density at radius 3 is 2.67 bits per heavy atom. The van der Waals surface area contributed by atoms with Crippen molar-refractivity contribution in [1.29, 1.82) is 0 Å². The first-order valence-electron chi connectivity index (χ1n) is 8.96. The zero-order valence-corrected chi connectivity index (χ0v) is 15.6. The van der Waals surface area contributed by atoms with Crippen molar-refractivity contribution in [2.75, 3.05) is 13.2 Å².